The molecular formula is C15H18O5. The molecule has 0 spiro atoms. The van der Waals surface area contributed by atoms with Gasteiger partial charge in [0, 0.05) is 26.6 Å². The van der Waals surface area contributed by atoms with Gasteiger partial charge in [-0.05, 0) is 18.2 Å². The highest BCUT2D eigenvalue weighted by Crippen LogP contribution is 2.31. The fourth-order valence-corrected chi connectivity index (χ4v) is 1.96. The fourth-order valence-electron chi connectivity index (χ4n) is 1.96. The zero-order valence-electron chi connectivity index (χ0n) is 11.6. The minimum absolute atomic E-state index is 0.163. The number of hydrogen-bond donors (Lipinski definition) is 1. The molecule has 0 saturated heterocycles. The van der Waals surface area contributed by atoms with Gasteiger partial charge in [-0.1, -0.05) is 6.92 Å². The van der Waals surface area contributed by atoms with Gasteiger partial charge < -0.3 is 19.0 Å². The summed E-state index contributed by atoms with van der Waals surface area (Å²) in [7, 11) is 1.63. The van der Waals surface area contributed by atoms with Crippen molar-refractivity contribution in [1.29, 1.82) is 0 Å². The molecule has 0 saturated carbocycles. The van der Waals surface area contributed by atoms with Crippen LogP contribution in [0.1, 0.15) is 29.5 Å². The molecule has 2 rings (SSSR count). The first-order valence-corrected chi connectivity index (χ1v) is 6.57. The molecule has 5 nitrogen and oxygen atoms in total. The summed E-state index contributed by atoms with van der Waals surface area (Å²) in [6.45, 7) is 3.06. The van der Waals surface area contributed by atoms with Gasteiger partial charge in [-0.25, -0.2) is 4.79 Å². The van der Waals surface area contributed by atoms with Crippen LogP contribution in [-0.4, -0.2) is 31.4 Å². The highest BCUT2D eigenvalue weighted by atomic mass is 16.5. The third-order valence-corrected chi connectivity index (χ3v) is 3.00. The molecule has 0 bridgehead atoms. The topological polar surface area (TPSA) is 68.9 Å². The van der Waals surface area contributed by atoms with E-state index in [2.05, 4.69) is 0 Å². The van der Waals surface area contributed by atoms with Gasteiger partial charge in [-0.3, -0.25) is 0 Å². The highest BCUT2D eigenvalue weighted by molar-refractivity contribution is 5.95. The molecule has 0 fully saturated rings. The van der Waals surface area contributed by atoms with E-state index in [4.69, 9.17) is 19.0 Å². The number of hydrogen-bond acceptors (Lipinski definition) is 4. The summed E-state index contributed by atoms with van der Waals surface area (Å²) in [5.41, 5.74) is 0.708. The second-order valence-corrected chi connectivity index (χ2v) is 4.45. The maximum Gasteiger partial charge on any atom is 0.335 e. The fraction of sp³-hybridized carbons (Fsp3) is 0.400. The molecule has 20 heavy (non-hydrogen) atoms. The first-order chi connectivity index (χ1) is 9.65. The highest BCUT2D eigenvalue weighted by Gasteiger charge is 2.14. The molecule has 0 atom stereocenters. The number of methoxy groups -OCH3 is 1. The molecule has 108 valence electrons. The van der Waals surface area contributed by atoms with E-state index in [1.54, 1.807) is 7.11 Å². The van der Waals surface area contributed by atoms with Gasteiger partial charge in [0.15, 0.2) is 0 Å². The van der Waals surface area contributed by atoms with Gasteiger partial charge >= 0.3 is 5.97 Å². The number of benzene rings is 1. The maximum absolute atomic E-state index is 11.1. The maximum atomic E-state index is 11.1. The molecule has 1 aromatic heterocycles. The second kappa shape index (κ2) is 6.43. The lowest BCUT2D eigenvalue weighted by Gasteiger charge is -2.07. The molecule has 5 heteroatoms. The Kier molecular flexibility index (Phi) is 4.63. The molecular weight excluding hydrogens is 260 g/mol. The number of aryl methyl sites for hydroxylation is 1. The van der Waals surface area contributed by atoms with Crippen molar-refractivity contribution in [3.05, 3.63) is 29.5 Å². The van der Waals surface area contributed by atoms with Crippen LogP contribution in [0.3, 0.4) is 0 Å². The minimum Gasteiger partial charge on any atom is -0.493 e. The Morgan fingerprint density at radius 1 is 1.30 bits per heavy atom. The van der Waals surface area contributed by atoms with Crippen LogP contribution in [0.15, 0.2) is 22.6 Å². The van der Waals surface area contributed by atoms with E-state index in [0.29, 0.717) is 24.5 Å². The van der Waals surface area contributed by atoms with Gasteiger partial charge in [0.25, 0.3) is 0 Å². The molecule has 1 N–H and O–H groups in total. The van der Waals surface area contributed by atoms with E-state index in [-0.39, 0.29) is 5.56 Å². The largest absolute Gasteiger partial charge is 0.493 e. The van der Waals surface area contributed by atoms with E-state index in [1.807, 2.05) is 13.0 Å². The number of furan rings is 1. The number of aromatic carboxylic acids is 1. The van der Waals surface area contributed by atoms with Gasteiger partial charge in [0.2, 0.25) is 0 Å². The molecule has 0 amide bonds. The molecule has 2 aromatic rings. The Hall–Kier alpha value is -2.01. The summed E-state index contributed by atoms with van der Waals surface area (Å²) < 4.78 is 16.2. The van der Waals surface area contributed by atoms with Crippen LogP contribution in [0.2, 0.25) is 0 Å². The lowest BCUT2D eigenvalue weighted by molar-refractivity contribution is 0.0696. The Morgan fingerprint density at radius 2 is 2.10 bits per heavy atom. The SMILES string of the molecule is CCc1cc2c(OCCCOC)cc(C(=O)O)cc2o1. The van der Waals surface area contributed by atoms with Crippen molar-refractivity contribution in [2.75, 3.05) is 20.3 Å². The molecule has 0 aliphatic heterocycles. The van der Waals surface area contributed by atoms with Crippen LogP contribution in [0.4, 0.5) is 0 Å². The summed E-state index contributed by atoms with van der Waals surface area (Å²) in [6, 6.07) is 4.96. The smallest absolute Gasteiger partial charge is 0.335 e. The monoisotopic (exact) mass is 278 g/mol. The van der Waals surface area contributed by atoms with Crippen molar-refractivity contribution in [3.8, 4) is 5.75 Å². The first kappa shape index (κ1) is 14.4. The van der Waals surface area contributed by atoms with Crippen LogP contribution in [0.25, 0.3) is 11.0 Å². The molecule has 0 aliphatic rings. The second-order valence-electron chi connectivity index (χ2n) is 4.45. The lowest BCUT2D eigenvalue weighted by atomic mass is 10.1. The Labute approximate surface area is 117 Å². The average molecular weight is 278 g/mol. The summed E-state index contributed by atoms with van der Waals surface area (Å²) in [5.74, 6) is 0.354. The number of carboxylic acids is 1. The molecule has 1 aromatic carbocycles. The third kappa shape index (κ3) is 3.11. The summed E-state index contributed by atoms with van der Waals surface area (Å²) in [5, 5.41) is 9.93. The standard InChI is InChI=1S/C15H18O5/c1-3-11-9-12-13(19-6-4-5-18-2)7-10(15(16)17)8-14(12)20-11/h7-9H,3-6H2,1-2H3,(H,16,17). The van der Waals surface area contributed by atoms with Gasteiger partial charge in [0.1, 0.15) is 17.1 Å². The summed E-state index contributed by atoms with van der Waals surface area (Å²) in [4.78, 5) is 11.1. The van der Waals surface area contributed by atoms with E-state index < -0.39 is 5.97 Å². The van der Waals surface area contributed by atoms with Crippen LogP contribution >= 0.6 is 0 Å². The van der Waals surface area contributed by atoms with E-state index in [1.165, 1.54) is 12.1 Å². The van der Waals surface area contributed by atoms with Crippen molar-refractivity contribution in [3.63, 3.8) is 0 Å². The number of rotatable bonds is 7. The van der Waals surface area contributed by atoms with Crippen LogP contribution in [0, 0.1) is 0 Å². The van der Waals surface area contributed by atoms with Crippen molar-refractivity contribution >= 4 is 16.9 Å². The quantitative estimate of drug-likeness (QED) is 0.788. The van der Waals surface area contributed by atoms with E-state index >= 15 is 0 Å². The predicted molar refractivity (Wildman–Crippen MR) is 74.5 cm³/mol. The number of carboxylic acid groups (broad SMARTS) is 1. The van der Waals surface area contributed by atoms with E-state index in [0.717, 1.165) is 24.0 Å². The van der Waals surface area contributed by atoms with Crippen LogP contribution in [0.5, 0.6) is 5.75 Å². The Balaban J connectivity index is 2.33. The lowest BCUT2D eigenvalue weighted by Crippen LogP contribution is -2.03. The number of ether oxygens (including phenoxy) is 2. The predicted octanol–water partition coefficient (Wildman–Crippen LogP) is 3.11. The number of carbonyl (C=O) groups is 1. The van der Waals surface area contributed by atoms with Crippen molar-refractivity contribution in [1.82, 2.24) is 0 Å². The zero-order chi connectivity index (χ0) is 14.5. The Morgan fingerprint density at radius 3 is 2.75 bits per heavy atom. The molecule has 0 aliphatic carbocycles. The van der Waals surface area contributed by atoms with E-state index in [9.17, 15) is 4.79 Å². The van der Waals surface area contributed by atoms with Crippen LogP contribution < -0.4 is 4.74 Å². The molecule has 0 unspecified atom stereocenters. The number of fused-ring (bicyclic) bond motifs is 1. The Bertz CT molecular complexity index is 600. The first-order valence-electron chi connectivity index (χ1n) is 6.57. The minimum atomic E-state index is -0.997. The van der Waals surface area contributed by atoms with Gasteiger partial charge in [-0.15, -0.1) is 0 Å². The summed E-state index contributed by atoms with van der Waals surface area (Å²) in [6.07, 6.45) is 1.49. The average Bonchev–Trinajstić information content (AvgIpc) is 2.86. The molecule has 0 radical (unpaired) electrons. The normalized spacial score (nSPS) is 10.9. The zero-order valence-corrected chi connectivity index (χ0v) is 11.6. The van der Waals surface area contributed by atoms with Crippen molar-refractivity contribution < 1.29 is 23.8 Å². The van der Waals surface area contributed by atoms with Crippen LogP contribution in [-0.2, 0) is 11.2 Å². The third-order valence-electron chi connectivity index (χ3n) is 3.00. The van der Waals surface area contributed by atoms with Gasteiger partial charge in [0.05, 0.1) is 17.6 Å². The van der Waals surface area contributed by atoms with Crippen molar-refractivity contribution in [2.45, 2.75) is 19.8 Å². The van der Waals surface area contributed by atoms with Crippen molar-refractivity contribution in [2.24, 2.45) is 0 Å². The van der Waals surface area contributed by atoms with Gasteiger partial charge in [-0.2, -0.15) is 0 Å². The molecule has 1 heterocycles. The summed E-state index contributed by atoms with van der Waals surface area (Å²) >= 11 is 0.